The van der Waals surface area contributed by atoms with Gasteiger partial charge in [-0.05, 0) is 69.8 Å². The van der Waals surface area contributed by atoms with Gasteiger partial charge in [0.1, 0.15) is 36.8 Å². The molecule has 2 aliphatic heterocycles. The highest BCUT2D eigenvalue weighted by Crippen LogP contribution is 2.30. The molecule has 1 aromatic rings. The van der Waals surface area contributed by atoms with Gasteiger partial charge in [-0.15, -0.1) is 6.58 Å². The predicted molar refractivity (Wildman–Crippen MR) is 220 cm³/mol. The first kappa shape index (κ1) is 47.6. The Balaban J connectivity index is 2.16. The van der Waals surface area contributed by atoms with Crippen molar-refractivity contribution in [3.8, 4) is 0 Å². The molecule has 2 saturated heterocycles. The zero-order valence-corrected chi connectivity index (χ0v) is 36.0. The highest BCUT2D eigenvalue weighted by molar-refractivity contribution is 5.96. The molecule has 322 valence electrons. The first-order chi connectivity index (χ1) is 27.4. The standard InChI is InChI=1S/C44H67N5O9/c1-11-14-16-23-33-44(8,9)43(56)47-35(27(4)5)40(53)48(10)32(25-30-20-17-15-18-21-30)42(55)58-37(29(7)13-3)41(54)49-24-19-22-31(49)38(51)46-36(28(6)12-2)39(52)45-26-34(50)57-33/h11,15,17-18,20-21,27-29,31-33,35-37H,1,12-14,16,19,22-26H2,2-10H3,(H,45,52)(H,46,51)(H,47,56)/t28-,29-,31-,32?,33?,35?,36-,37-/m0/s1. The Hall–Kier alpha value is -4.75. The number of cyclic esters (lactones) is 2. The lowest BCUT2D eigenvalue weighted by molar-refractivity contribution is -0.170. The van der Waals surface area contributed by atoms with E-state index in [1.165, 1.54) is 16.8 Å². The number of hydrogen-bond donors (Lipinski definition) is 3. The molecule has 14 heteroatoms. The van der Waals surface area contributed by atoms with E-state index in [4.69, 9.17) is 9.47 Å². The van der Waals surface area contributed by atoms with E-state index < -0.39 is 102 Å². The van der Waals surface area contributed by atoms with Crippen LogP contribution in [-0.4, -0.2) is 108 Å². The van der Waals surface area contributed by atoms with Gasteiger partial charge >= 0.3 is 11.9 Å². The minimum Gasteiger partial charge on any atom is -0.460 e. The lowest BCUT2D eigenvalue weighted by Gasteiger charge is -2.37. The van der Waals surface area contributed by atoms with Crippen molar-refractivity contribution in [3.63, 3.8) is 0 Å². The van der Waals surface area contributed by atoms with Crippen molar-refractivity contribution in [1.82, 2.24) is 25.8 Å². The number of ether oxygens (including phenoxy) is 2. The molecule has 3 unspecified atom stereocenters. The second-order valence-electron chi connectivity index (χ2n) is 16.8. The summed E-state index contributed by atoms with van der Waals surface area (Å²) in [6.07, 6.45) is 2.82. The van der Waals surface area contributed by atoms with Crippen LogP contribution in [0.5, 0.6) is 0 Å². The Bertz CT molecular complexity index is 1610. The number of nitrogens with zero attached hydrogens (tertiary/aromatic N) is 2. The van der Waals surface area contributed by atoms with Crippen LogP contribution in [0.1, 0.15) is 106 Å². The molecule has 0 spiro atoms. The molecule has 58 heavy (non-hydrogen) atoms. The third-order valence-corrected chi connectivity index (χ3v) is 11.8. The summed E-state index contributed by atoms with van der Waals surface area (Å²) < 4.78 is 12.0. The Morgan fingerprint density at radius 2 is 1.53 bits per heavy atom. The van der Waals surface area contributed by atoms with Crippen molar-refractivity contribution in [2.45, 2.75) is 143 Å². The Morgan fingerprint density at radius 1 is 0.879 bits per heavy atom. The Labute approximate surface area is 344 Å². The molecule has 14 nitrogen and oxygen atoms in total. The highest BCUT2D eigenvalue weighted by atomic mass is 16.6. The van der Waals surface area contributed by atoms with E-state index in [1.54, 1.807) is 47.6 Å². The molecular formula is C44H67N5O9. The number of allylic oxidation sites excluding steroid dienone is 1. The van der Waals surface area contributed by atoms with E-state index in [0.29, 0.717) is 38.5 Å². The Kier molecular flexibility index (Phi) is 17.9. The number of carbonyl (C=O) groups is 7. The zero-order valence-electron chi connectivity index (χ0n) is 36.0. The summed E-state index contributed by atoms with van der Waals surface area (Å²) in [6, 6.07) is 4.85. The fraction of sp³-hybridized carbons (Fsp3) is 0.659. The molecule has 3 N–H and O–H groups in total. The molecular weight excluding hydrogens is 743 g/mol. The molecule has 0 radical (unpaired) electrons. The van der Waals surface area contributed by atoms with Crippen LogP contribution in [0.25, 0.3) is 0 Å². The van der Waals surface area contributed by atoms with Crippen molar-refractivity contribution in [2.24, 2.45) is 23.2 Å². The highest BCUT2D eigenvalue weighted by Gasteiger charge is 2.45. The molecule has 8 atom stereocenters. The van der Waals surface area contributed by atoms with Crippen molar-refractivity contribution < 1.29 is 43.0 Å². The molecule has 0 aliphatic carbocycles. The van der Waals surface area contributed by atoms with Gasteiger partial charge in [0.2, 0.25) is 23.6 Å². The monoisotopic (exact) mass is 809 g/mol. The summed E-state index contributed by atoms with van der Waals surface area (Å²) in [5.41, 5.74) is -0.611. The maximum Gasteiger partial charge on any atom is 0.329 e. The van der Waals surface area contributed by atoms with Crippen LogP contribution in [-0.2, 0) is 49.5 Å². The third kappa shape index (κ3) is 12.1. The number of unbranched alkanes of at least 4 members (excludes halogenated alkanes) is 1. The summed E-state index contributed by atoms with van der Waals surface area (Å²) in [7, 11) is 1.48. The fourth-order valence-electron chi connectivity index (χ4n) is 7.31. The number of fused-ring (bicyclic) bond motifs is 1. The summed E-state index contributed by atoms with van der Waals surface area (Å²) in [5.74, 6) is -5.60. The van der Waals surface area contributed by atoms with Crippen molar-refractivity contribution in [2.75, 3.05) is 20.1 Å². The van der Waals surface area contributed by atoms with E-state index >= 15 is 0 Å². The molecule has 0 bridgehead atoms. The maximum absolute atomic E-state index is 14.5. The molecule has 0 saturated carbocycles. The molecule has 2 aliphatic rings. The van der Waals surface area contributed by atoms with Crippen LogP contribution >= 0.6 is 0 Å². The lowest BCUT2D eigenvalue weighted by atomic mass is 9.82. The van der Waals surface area contributed by atoms with Crippen LogP contribution in [0.15, 0.2) is 43.0 Å². The van der Waals surface area contributed by atoms with Crippen molar-refractivity contribution in [1.29, 1.82) is 0 Å². The number of carbonyl (C=O) groups excluding carboxylic acids is 7. The van der Waals surface area contributed by atoms with Crippen LogP contribution in [0.2, 0.25) is 0 Å². The fourth-order valence-corrected chi connectivity index (χ4v) is 7.31. The first-order valence-electron chi connectivity index (χ1n) is 20.9. The number of amides is 5. The summed E-state index contributed by atoms with van der Waals surface area (Å²) >= 11 is 0. The number of esters is 2. The van der Waals surface area contributed by atoms with Gasteiger partial charge in [-0.2, -0.15) is 0 Å². The van der Waals surface area contributed by atoms with E-state index in [-0.39, 0.29) is 25.3 Å². The minimum absolute atomic E-state index is 0.0583. The van der Waals surface area contributed by atoms with Gasteiger partial charge in [-0.25, -0.2) is 4.79 Å². The van der Waals surface area contributed by atoms with Crippen LogP contribution < -0.4 is 16.0 Å². The average Bonchev–Trinajstić information content (AvgIpc) is 3.70. The molecule has 5 amide bonds. The van der Waals surface area contributed by atoms with Gasteiger partial charge in [0.15, 0.2) is 6.10 Å². The van der Waals surface area contributed by atoms with Crippen LogP contribution in [0.3, 0.4) is 0 Å². The summed E-state index contributed by atoms with van der Waals surface area (Å²) in [6.45, 7) is 17.6. The van der Waals surface area contributed by atoms with Gasteiger partial charge in [-0.3, -0.25) is 28.8 Å². The molecule has 3 rings (SSSR count). The first-order valence-corrected chi connectivity index (χ1v) is 20.9. The number of rotatable bonds is 11. The van der Waals surface area contributed by atoms with E-state index in [1.807, 2.05) is 44.2 Å². The van der Waals surface area contributed by atoms with Gasteiger partial charge in [0.05, 0.1) is 5.41 Å². The van der Waals surface area contributed by atoms with E-state index in [0.717, 1.165) is 5.56 Å². The zero-order chi connectivity index (χ0) is 43.3. The molecule has 0 aromatic heterocycles. The number of nitrogens with one attached hydrogen (secondary N) is 3. The summed E-state index contributed by atoms with van der Waals surface area (Å²) in [4.78, 5) is 101. The Morgan fingerprint density at radius 3 is 2.14 bits per heavy atom. The number of likely N-dealkylation sites (N-methyl/N-ethyl adjacent to an activating group) is 1. The number of hydrogen-bond acceptors (Lipinski definition) is 9. The predicted octanol–water partition coefficient (Wildman–Crippen LogP) is 4.10. The smallest absolute Gasteiger partial charge is 0.329 e. The van der Waals surface area contributed by atoms with Gasteiger partial charge < -0.3 is 35.2 Å². The SMILES string of the molecule is C=CCCCC1OC(=O)CNC(=O)[C@H]([C@@H](C)CC)NC(=O)[C@@H]2CCCN2C(=O)[C@H]([C@@H](C)CC)OC(=O)C(Cc2ccccc2)N(C)C(=O)C(C(C)C)NC(=O)C1(C)C. The number of benzene rings is 1. The lowest BCUT2D eigenvalue weighted by Crippen LogP contribution is -2.59. The quantitative estimate of drug-likeness (QED) is 0.169. The molecule has 2 fully saturated rings. The molecule has 2 heterocycles. The van der Waals surface area contributed by atoms with Gasteiger partial charge in [0, 0.05) is 25.9 Å². The molecule has 1 aromatic carbocycles. The summed E-state index contributed by atoms with van der Waals surface area (Å²) in [5, 5.41) is 8.34. The second kappa shape index (κ2) is 21.9. The normalized spacial score (nSPS) is 26.9. The van der Waals surface area contributed by atoms with Crippen molar-refractivity contribution in [3.05, 3.63) is 48.6 Å². The third-order valence-electron chi connectivity index (χ3n) is 11.8. The van der Waals surface area contributed by atoms with Gasteiger partial charge in [-0.1, -0.05) is 84.4 Å². The maximum atomic E-state index is 14.5. The topological polar surface area (TPSA) is 181 Å². The average molecular weight is 810 g/mol. The second-order valence-corrected chi connectivity index (χ2v) is 16.8. The largest absolute Gasteiger partial charge is 0.460 e. The van der Waals surface area contributed by atoms with Gasteiger partial charge in [0.25, 0.3) is 5.91 Å². The van der Waals surface area contributed by atoms with Crippen molar-refractivity contribution >= 4 is 41.5 Å². The minimum atomic E-state index is -1.35. The van der Waals surface area contributed by atoms with E-state index in [9.17, 15) is 33.6 Å². The van der Waals surface area contributed by atoms with Crippen LogP contribution in [0, 0.1) is 23.2 Å². The van der Waals surface area contributed by atoms with Crippen LogP contribution in [0.4, 0.5) is 0 Å². The van der Waals surface area contributed by atoms with E-state index in [2.05, 4.69) is 22.5 Å².